The first kappa shape index (κ1) is 50.5. The number of rotatable bonds is 13. The zero-order valence-corrected chi connectivity index (χ0v) is 36.1. The molecule has 5 N–H and O–H groups in total. The number of carbonyl (C=O) groups excluding carboxylic acids is 4. The van der Waals surface area contributed by atoms with Gasteiger partial charge in [-0.05, 0) is 109 Å². The minimum absolute atomic E-state index is 0.0534. The van der Waals surface area contributed by atoms with Crippen LogP contribution in [0, 0.1) is 17.8 Å². The summed E-state index contributed by atoms with van der Waals surface area (Å²) in [5.41, 5.74) is 1.80. The lowest BCUT2D eigenvalue weighted by atomic mass is 9.91. The molecule has 0 radical (unpaired) electrons. The topological polar surface area (TPSA) is 220 Å². The number of hydrogen-bond donors (Lipinski definition) is 4. The number of aromatic amines is 1. The normalized spacial score (nSPS) is 20.1. The Morgan fingerprint density at radius 3 is 2.27 bits per heavy atom. The largest absolute Gasteiger partial charge is 0.497 e. The third-order valence-corrected chi connectivity index (χ3v) is 12.0. The molecule has 1 aliphatic heterocycles. The predicted octanol–water partition coefficient (Wildman–Crippen LogP) is 5.97. The molecule has 2 heterocycles. The quantitative estimate of drug-likeness (QED) is 0.137. The lowest BCUT2D eigenvalue weighted by molar-refractivity contribution is -0.142. The van der Waals surface area contributed by atoms with E-state index in [0.717, 1.165) is 45.1 Å². The van der Waals surface area contributed by atoms with Crippen molar-refractivity contribution in [1.82, 2.24) is 24.9 Å². The summed E-state index contributed by atoms with van der Waals surface area (Å²) in [6.07, 6.45) is 4.59. The van der Waals surface area contributed by atoms with Crippen molar-refractivity contribution >= 4 is 45.4 Å². The number of carbonyl (C=O) groups is 4. The van der Waals surface area contributed by atoms with E-state index < -0.39 is 43.9 Å². The highest BCUT2D eigenvalue weighted by Gasteiger charge is 2.50. The van der Waals surface area contributed by atoms with Crippen LogP contribution in [0.25, 0.3) is 11.0 Å². The molecule has 1 unspecified atom stereocenters. The van der Waals surface area contributed by atoms with E-state index in [1.165, 1.54) is 25.3 Å². The minimum atomic E-state index is -4.76. The molecule has 2 aliphatic carbocycles. The molecule has 15 nitrogen and oxygen atoms in total. The summed E-state index contributed by atoms with van der Waals surface area (Å²) in [4.78, 5) is 63.4. The second-order valence-corrected chi connectivity index (χ2v) is 18.8. The van der Waals surface area contributed by atoms with Gasteiger partial charge in [0.1, 0.15) is 17.4 Å². The van der Waals surface area contributed by atoms with Crippen LogP contribution in [0.4, 0.5) is 18.0 Å². The van der Waals surface area contributed by atoms with E-state index in [0.29, 0.717) is 48.8 Å². The van der Waals surface area contributed by atoms with E-state index in [2.05, 4.69) is 47.4 Å². The molecule has 4 amide bonds. The van der Waals surface area contributed by atoms with Crippen molar-refractivity contribution in [2.75, 3.05) is 13.7 Å². The minimum Gasteiger partial charge on any atom is -0.497 e. The number of amides is 4. The van der Waals surface area contributed by atoms with E-state index in [9.17, 15) is 45.6 Å². The smallest absolute Gasteiger partial charge is 0.438 e. The standard InChI is InChI=1S/C20H34N2O2.C10H7F3N2O2.C5H9NO3S.C5H11NO2/c1-5-6-8-14(2)11-15(3)12-19(23)22-10-7-9-18(22)20(24)21-17-13-16(17)4;1-17-5-2-3-6-7(4-5)15-9(16)8(14-6)10(11,12)13;1-5(2-3-5)10(8,9)6-4-7;1-5(2,3)8-4(6)7/h5,14-18H,1,6-13H2,2-4H3,(H,21,24);2-4H,1H3,(H,15,16);4H,2-3H2,1H3,(H,6,7);1-3H3,(H2,6,7)/t14-,15-,16?,17-,18+;;;/m1.../s1. The fourth-order valence-electron chi connectivity index (χ4n) is 6.18. The summed E-state index contributed by atoms with van der Waals surface area (Å²) in [5, 5.41) is 3.10. The number of hydrogen-bond acceptors (Lipinski definition) is 10. The molecular formula is C40H61F3N6O9S. The molecule has 2 saturated carbocycles. The maximum absolute atomic E-state index is 12.7. The van der Waals surface area contributed by atoms with Gasteiger partial charge < -0.3 is 30.4 Å². The average Bonchev–Trinajstić information content (AvgIpc) is 3.97. The number of alkyl halides is 3. The number of primary amides is 1. The Balaban J connectivity index is 0.000000297. The van der Waals surface area contributed by atoms with Gasteiger partial charge in [-0.3, -0.25) is 23.9 Å². The third-order valence-electron chi connectivity index (χ3n) is 9.89. The Morgan fingerprint density at radius 2 is 1.80 bits per heavy atom. The molecule has 332 valence electrons. The lowest BCUT2D eigenvalue weighted by Gasteiger charge is -2.26. The number of nitrogens with two attached hydrogens (primary N) is 1. The average molecular weight is 859 g/mol. The van der Waals surface area contributed by atoms with Crippen LogP contribution in [-0.4, -0.2) is 83.7 Å². The molecule has 1 aromatic carbocycles. The number of aromatic nitrogens is 2. The molecule has 3 fully saturated rings. The van der Waals surface area contributed by atoms with Crippen LogP contribution in [0.1, 0.15) is 112 Å². The van der Waals surface area contributed by atoms with E-state index in [1.54, 1.807) is 27.7 Å². The van der Waals surface area contributed by atoms with Crippen molar-refractivity contribution in [3.8, 4) is 5.75 Å². The molecule has 19 heteroatoms. The molecular weight excluding hydrogens is 798 g/mol. The highest BCUT2D eigenvalue weighted by atomic mass is 32.2. The van der Waals surface area contributed by atoms with E-state index >= 15 is 0 Å². The molecule has 5 atom stereocenters. The van der Waals surface area contributed by atoms with Gasteiger partial charge in [0, 0.05) is 25.1 Å². The second kappa shape index (κ2) is 21.5. The number of fused-ring (bicyclic) bond motifs is 1. The first-order chi connectivity index (χ1) is 27.3. The fourth-order valence-corrected chi connectivity index (χ4v) is 7.23. The van der Waals surface area contributed by atoms with Crippen molar-refractivity contribution < 1.29 is 50.2 Å². The van der Waals surface area contributed by atoms with Gasteiger partial charge in [0.25, 0.3) is 5.56 Å². The number of halogens is 3. The van der Waals surface area contributed by atoms with Gasteiger partial charge in [-0.2, -0.15) is 13.2 Å². The Kier molecular flexibility index (Phi) is 18.4. The van der Waals surface area contributed by atoms with Crippen LogP contribution in [-0.2, 0) is 35.3 Å². The van der Waals surface area contributed by atoms with E-state index in [-0.39, 0.29) is 35.3 Å². The number of nitrogens with zero attached hydrogens (tertiary/aromatic N) is 2. The Bertz CT molecular complexity index is 1930. The number of allylic oxidation sites excluding steroid dienone is 1. The predicted molar refractivity (Wildman–Crippen MR) is 218 cm³/mol. The van der Waals surface area contributed by atoms with Crippen molar-refractivity contribution in [1.29, 1.82) is 0 Å². The molecule has 0 bridgehead atoms. The number of likely N-dealkylation sites (tertiary alicyclic amines) is 1. The molecule has 5 rings (SSSR count). The van der Waals surface area contributed by atoms with E-state index in [1.807, 2.05) is 15.7 Å². The fraction of sp³-hybridized carbons (Fsp3) is 0.650. The van der Waals surface area contributed by atoms with Crippen LogP contribution in [0.15, 0.2) is 35.6 Å². The monoisotopic (exact) mass is 858 g/mol. The zero-order chi connectivity index (χ0) is 44.9. The van der Waals surface area contributed by atoms with Crippen LogP contribution in [0.5, 0.6) is 5.75 Å². The number of H-pyrrole nitrogens is 1. The molecule has 1 saturated heterocycles. The lowest BCUT2D eigenvalue weighted by Crippen LogP contribution is -2.47. The molecule has 3 aliphatic rings. The van der Waals surface area contributed by atoms with Crippen LogP contribution in [0.2, 0.25) is 0 Å². The van der Waals surface area contributed by atoms with Crippen LogP contribution in [0.3, 0.4) is 0 Å². The first-order valence-corrected chi connectivity index (χ1v) is 21.1. The maximum Gasteiger partial charge on any atom is 0.438 e. The Labute approximate surface area is 344 Å². The number of nitrogens with one attached hydrogen (secondary N) is 3. The number of sulfonamides is 1. The number of methoxy groups -OCH3 is 1. The Hall–Kier alpha value is -4.68. The van der Waals surface area contributed by atoms with Crippen molar-refractivity contribution in [2.24, 2.45) is 23.5 Å². The van der Waals surface area contributed by atoms with Gasteiger partial charge in [0.15, 0.2) is 0 Å². The van der Waals surface area contributed by atoms with Gasteiger partial charge >= 0.3 is 12.3 Å². The number of benzene rings is 1. The van der Waals surface area contributed by atoms with E-state index in [4.69, 9.17) is 10.5 Å². The Morgan fingerprint density at radius 1 is 1.17 bits per heavy atom. The zero-order valence-electron chi connectivity index (χ0n) is 35.2. The first-order valence-electron chi connectivity index (χ1n) is 19.6. The highest BCUT2D eigenvalue weighted by molar-refractivity contribution is 7.91. The van der Waals surface area contributed by atoms with Crippen molar-refractivity contribution in [3.63, 3.8) is 0 Å². The molecule has 0 spiro atoms. The van der Waals surface area contributed by atoms with Crippen LogP contribution >= 0.6 is 0 Å². The second-order valence-electron chi connectivity index (χ2n) is 16.6. The summed E-state index contributed by atoms with van der Waals surface area (Å²) in [6, 6.07) is 4.31. The SMILES string of the molecule is C=CCC[C@@H](C)C[C@@H](C)CC(=O)N1CCC[C@H]1C(=O)N[C@@H]1CC1C.CC(C)(C)OC(N)=O.CC1(S(=O)(=O)NC=O)CC1.COc1ccc2nc(C(F)(F)F)c(=O)[nH]c2c1. The summed E-state index contributed by atoms with van der Waals surface area (Å²) in [6.45, 7) is 18.0. The van der Waals surface area contributed by atoms with Gasteiger partial charge in [-0.15, -0.1) is 6.58 Å². The summed E-state index contributed by atoms with van der Waals surface area (Å²) < 4.78 is 69.8. The van der Waals surface area contributed by atoms with Crippen molar-refractivity contribution in [3.05, 3.63) is 46.9 Å². The molecule has 59 heavy (non-hydrogen) atoms. The summed E-state index contributed by atoms with van der Waals surface area (Å²) in [5.74, 6) is 2.21. The molecule has 2 aromatic rings. The molecule has 1 aromatic heterocycles. The summed E-state index contributed by atoms with van der Waals surface area (Å²) >= 11 is 0. The highest BCUT2D eigenvalue weighted by Crippen LogP contribution is 2.42. The van der Waals surface area contributed by atoms with Crippen LogP contribution < -0.4 is 26.1 Å². The van der Waals surface area contributed by atoms with Gasteiger partial charge in [0.05, 0.1) is 22.9 Å². The maximum atomic E-state index is 12.7. The van der Waals surface area contributed by atoms with Gasteiger partial charge in [0.2, 0.25) is 33.9 Å². The summed E-state index contributed by atoms with van der Waals surface area (Å²) in [7, 11) is -1.94. The van der Waals surface area contributed by atoms with Gasteiger partial charge in [-0.25, -0.2) is 18.2 Å². The number of ether oxygens (including phenoxy) is 2. The van der Waals surface area contributed by atoms with Crippen molar-refractivity contribution in [2.45, 2.75) is 135 Å². The third kappa shape index (κ3) is 16.8. The van der Waals surface area contributed by atoms with Gasteiger partial charge in [-0.1, -0.05) is 26.8 Å².